The summed E-state index contributed by atoms with van der Waals surface area (Å²) in [7, 11) is 0. The number of amides is 1. The fourth-order valence-electron chi connectivity index (χ4n) is 2.75. The van der Waals surface area contributed by atoms with Crippen LogP contribution in [-0.4, -0.2) is 50.1 Å². The van der Waals surface area contributed by atoms with Crippen molar-refractivity contribution in [1.82, 2.24) is 19.9 Å². The van der Waals surface area contributed by atoms with Crippen LogP contribution in [0.4, 0.5) is 0 Å². The predicted molar refractivity (Wildman–Crippen MR) is 70.8 cm³/mol. The Balaban J connectivity index is 2.24. The average Bonchev–Trinajstić information content (AvgIpc) is 2.71. The molecular formula is C13H22N4O2. The van der Waals surface area contributed by atoms with Gasteiger partial charge in [-0.1, -0.05) is 5.21 Å². The molecular weight excluding hydrogens is 244 g/mol. The second-order valence-corrected chi connectivity index (χ2v) is 6.22. The summed E-state index contributed by atoms with van der Waals surface area (Å²) >= 11 is 0. The second kappa shape index (κ2) is 4.59. The highest BCUT2D eigenvalue weighted by Crippen LogP contribution is 2.28. The summed E-state index contributed by atoms with van der Waals surface area (Å²) in [6.07, 6.45) is 1.53. The molecule has 0 atom stereocenters. The van der Waals surface area contributed by atoms with Crippen molar-refractivity contribution in [3.05, 3.63) is 11.9 Å². The van der Waals surface area contributed by atoms with Crippen molar-refractivity contribution in [1.29, 1.82) is 0 Å². The Kier molecular flexibility index (Phi) is 3.38. The summed E-state index contributed by atoms with van der Waals surface area (Å²) in [5, 5.41) is 7.73. The summed E-state index contributed by atoms with van der Waals surface area (Å²) in [6, 6.07) is 0. The van der Waals surface area contributed by atoms with Crippen molar-refractivity contribution >= 4 is 5.91 Å². The van der Waals surface area contributed by atoms with Gasteiger partial charge in [0.2, 0.25) is 0 Å². The van der Waals surface area contributed by atoms with Crippen molar-refractivity contribution in [2.24, 2.45) is 0 Å². The number of carbonyl (C=O) groups is 1. The number of hydrogen-bond acceptors (Lipinski definition) is 4. The largest absolute Gasteiger partial charge is 0.366 e. The summed E-state index contributed by atoms with van der Waals surface area (Å²) in [4.78, 5) is 14.4. The third-order valence-electron chi connectivity index (χ3n) is 3.12. The molecule has 0 bridgehead atoms. The molecule has 1 amide bonds. The van der Waals surface area contributed by atoms with Crippen molar-refractivity contribution in [2.45, 2.75) is 52.4 Å². The number of hydrogen-bond donors (Lipinski definition) is 0. The summed E-state index contributed by atoms with van der Waals surface area (Å²) in [5.74, 6) is -0.0312. The highest BCUT2D eigenvalue weighted by atomic mass is 16.5. The van der Waals surface area contributed by atoms with Crippen LogP contribution in [0, 0.1) is 0 Å². The van der Waals surface area contributed by atoms with Gasteiger partial charge in [0.15, 0.2) is 0 Å². The van der Waals surface area contributed by atoms with Crippen LogP contribution >= 0.6 is 0 Å². The maximum absolute atomic E-state index is 12.6. The first-order valence-corrected chi connectivity index (χ1v) is 6.62. The van der Waals surface area contributed by atoms with Crippen molar-refractivity contribution in [3.63, 3.8) is 0 Å². The molecule has 0 unspecified atom stereocenters. The van der Waals surface area contributed by atoms with E-state index in [1.165, 1.54) is 6.20 Å². The molecule has 0 N–H and O–H groups in total. The minimum absolute atomic E-state index is 0.0312. The molecule has 0 aromatic carbocycles. The summed E-state index contributed by atoms with van der Waals surface area (Å²) in [5.41, 5.74) is -0.153. The quantitative estimate of drug-likeness (QED) is 0.810. The van der Waals surface area contributed by atoms with Crippen molar-refractivity contribution < 1.29 is 9.53 Å². The highest BCUT2D eigenvalue weighted by molar-refractivity contribution is 5.92. The van der Waals surface area contributed by atoms with Crippen LogP contribution in [0.2, 0.25) is 0 Å². The smallest absolute Gasteiger partial charge is 0.274 e. The normalized spacial score (nSPS) is 21.4. The summed E-state index contributed by atoms with van der Waals surface area (Å²) in [6.45, 7) is 11.7. The van der Waals surface area contributed by atoms with E-state index in [0.29, 0.717) is 25.3 Å². The number of morpholine rings is 1. The van der Waals surface area contributed by atoms with Crippen molar-refractivity contribution in [3.8, 4) is 0 Å². The van der Waals surface area contributed by atoms with Crippen molar-refractivity contribution in [2.75, 3.05) is 13.1 Å². The molecule has 6 nitrogen and oxygen atoms in total. The van der Waals surface area contributed by atoms with Gasteiger partial charge in [-0.15, -0.1) is 5.10 Å². The Labute approximate surface area is 113 Å². The maximum atomic E-state index is 12.6. The lowest BCUT2D eigenvalue weighted by molar-refractivity contribution is -0.171. The fraction of sp³-hybridized carbons (Fsp3) is 0.769. The zero-order chi connectivity index (χ0) is 14.3. The molecule has 106 valence electrons. The van der Waals surface area contributed by atoms with Crippen LogP contribution in [0.3, 0.4) is 0 Å². The zero-order valence-corrected chi connectivity index (χ0v) is 12.3. The van der Waals surface area contributed by atoms with Gasteiger partial charge in [-0.2, -0.15) is 0 Å². The Bertz CT molecular complexity index is 463. The van der Waals surface area contributed by atoms with E-state index < -0.39 is 0 Å². The molecule has 0 aliphatic carbocycles. The Morgan fingerprint density at radius 3 is 2.42 bits per heavy atom. The van der Waals surface area contributed by atoms with E-state index in [0.717, 1.165) is 0 Å². The van der Waals surface area contributed by atoms with Gasteiger partial charge in [-0.05, 0) is 34.6 Å². The molecule has 1 fully saturated rings. The van der Waals surface area contributed by atoms with Gasteiger partial charge < -0.3 is 9.64 Å². The topological polar surface area (TPSA) is 60.2 Å². The van der Waals surface area contributed by atoms with Crippen LogP contribution in [0.1, 0.15) is 45.1 Å². The average molecular weight is 266 g/mol. The van der Waals surface area contributed by atoms with E-state index in [4.69, 9.17) is 4.74 Å². The van der Waals surface area contributed by atoms with Crippen LogP contribution in [-0.2, 0) is 11.3 Å². The van der Waals surface area contributed by atoms with Gasteiger partial charge in [0.05, 0.1) is 17.4 Å². The molecule has 2 rings (SSSR count). The third-order valence-corrected chi connectivity index (χ3v) is 3.12. The lowest BCUT2D eigenvalue weighted by atomic mass is 9.98. The molecule has 1 aliphatic heterocycles. The van der Waals surface area contributed by atoms with E-state index >= 15 is 0 Å². The lowest BCUT2D eigenvalue weighted by Gasteiger charge is -2.47. The first kappa shape index (κ1) is 14.0. The first-order chi connectivity index (χ1) is 8.74. The van der Waals surface area contributed by atoms with Gasteiger partial charge in [0, 0.05) is 19.6 Å². The Hall–Kier alpha value is -1.43. The van der Waals surface area contributed by atoms with Crippen LogP contribution in [0.25, 0.3) is 0 Å². The molecule has 0 saturated carbocycles. The first-order valence-electron chi connectivity index (χ1n) is 6.62. The third kappa shape index (κ3) is 2.94. The molecule has 1 aliphatic rings. The minimum atomic E-state index is -0.345. The van der Waals surface area contributed by atoms with E-state index in [1.807, 2.05) is 39.5 Å². The van der Waals surface area contributed by atoms with Gasteiger partial charge in [0.25, 0.3) is 5.91 Å². The number of aromatic nitrogens is 3. The number of ether oxygens (including phenoxy) is 1. The molecule has 0 spiro atoms. The Morgan fingerprint density at radius 2 is 1.89 bits per heavy atom. The maximum Gasteiger partial charge on any atom is 0.274 e. The minimum Gasteiger partial charge on any atom is -0.366 e. The fourth-order valence-corrected chi connectivity index (χ4v) is 2.75. The monoisotopic (exact) mass is 266 g/mol. The highest BCUT2D eigenvalue weighted by Gasteiger charge is 2.40. The van der Waals surface area contributed by atoms with E-state index in [9.17, 15) is 4.79 Å². The molecule has 1 aromatic rings. The summed E-state index contributed by atoms with van der Waals surface area (Å²) < 4.78 is 7.61. The zero-order valence-electron chi connectivity index (χ0n) is 12.3. The van der Waals surface area contributed by atoms with Gasteiger partial charge >= 0.3 is 0 Å². The van der Waals surface area contributed by atoms with Crippen LogP contribution < -0.4 is 0 Å². The predicted octanol–water partition coefficient (Wildman–Crippen LogP) is 1.33. The molecule has 1 saturated heterocycles. The van der Waals surface area contributed by atoms with Crippen LogP contribution in [0.5, 0.6) is 0 Å². The number of rotatable bonds is 2. The van der Waals surface area contributed by atoms with E-state index in [1.54, 1.807) is 4.68 Å². The molecule has 19 heavy (non-hydrogen) atoms. The molecule has 1 aromatic heterocycles. The lowest BCUT2D eigenvalue weighted by Crippen LogP contribution is -2.58. The van der Waals surface area contributed by atoms with E-state index in [-0.39, 0.29) is 17.1 Å². The Morgan fingerprint density at radius 1 is 1.32 bits per heavy atom. The molecule has 6 heteroatoms. The standard InChI is InChI=1S/C13H22N4O2/c1-6-17-10(7-14-15-17)11(18)16-8-12(2,3)19-13(4,5)9-16/h7H,6,8-9H2,1-5H3. The number of nitrogens with zero attached hydrogens (tertiary/aromatic N) is 4. The SMILES string of the molecule is CCn1nncc1C(=O)N1CC(C)(C)OC(C)(C)C1. The van der Waals surface area contributed by atoms with Gasteiger partial charge in [-0.25, -0.2) is 4.68 Å². The number of carbonyl (C=O) groups excluding carboxylic acids is 1. The van der Waals surface area contributed by atoms with Gasteiger partial charge in [-0.3, -0.25) is 4.79 Å². The van der Waals surface area contributed by atoms with Gasteiger partial charge in [0.1, 0.15) is 5.69 Å². The molecule has 2 heterocycles. The molecule has 0 radical (unpaired) electrons. The van der Waals surface area contributed by atoms with E-state index in [2.05, 4.69) is 10.3 Å². The van der Waals surface area contributed by atoms with Crippen LogP contribution in [0.15, 0.2) is 6.20 Å². The number of aryl methyl sites for hydroxylation is 1. The second-order valence-electron chi connectivity index (χ2n) is 6.22.